The second-order valence-corrected chi connectivity index (χ2v) is 8.55. The SMILES string of the molecule is COc1c2c(cc3c1[C@H](c1c(O)n(-c4cccc(C)c4)c(=S)[nH]c1=O)[NH+](C)CC3)OCO2. The van der Waals surface area contributed by atoms with Gasteiger partial charge in [0.2, 0.25) is 18.4 Å². The van der Waals surface area contributed by atoms with Crippen molar-refractivity contribution < 1.29 is 24.2 Å². The minimum Gasteiger partial charge on any atom is -0.494 e. The smallest absolute Gasteiger partial charge is 0.265 e. The Morgan fingerprint density at radius 1 is 1.28 bits per heavy atom. The summed E-state index contributed by atoms with van der Waals surface area (Å²) in [5.74, 6) is 1.50. The van der Waals surface area contributed by atoms with E-state index in [2.05, 4.69) is 4.98 Å². The molecule has 0 radical (unpaired) electrons. The van der Waals surface area contributed by atoms with E-state index in [4.69, 9.17) is 26.4 Å². The largest absolute Gasteiger partial charge is 0.494 e. The molecular formula is C23H24N3O5S+. The number of hydrogen-bond acceptors (Lipinski definition) is 6. The van der Waals surface area contributed by atoms with Crippen LogP contribution < -0.4 is 24.7 Å². The van der Waals surface area contributed by atoms with Crippen molar-refractivity contribution in [1.29, 1.82) is 0 Å². The fraction of sp³-hybridized carbons (Fsp3) is 0.304. The molecule has 0 amide bonds. The lowest BCUT2D eigenvalue weighted by molar-refractivity contribution is -0.908. The van der Waals surface area contributed by atoms with Crippen molar-refractivity contribution in [2.24, 2.45) is 0 Å². The Labute approximate surface area is 189 Å². The number of quaternary nitrogens is 1. The van der Waals surface area contributed by atoms with E-state index in [1.807, 2.05) is 44.3 Å². The Kier molecular flexibility index (Phi) is 4.94. The van der Waals surface area contributed by atoms with Crippen molar-refractivity contribution in [2.45, 2.75) is 19.4 Å². The number of rotatable bonds is 3. The van der Waals surface area contributed by atoms with Gasteiger partial charge < -0.3 is 24.2 Å². The number of ether oxygens (including phenoxy) is 3. The van der Waals surface area contributed by atoms with Gasteiger partial charge in [-0.2, -0.15) is 0 Å². The molecule has 3 N–H and O–H groups in total. The summed E-state index contributed by atoms with van der Waals surface area (Å²) in [5.41, 5.74) is 3.32. The van der Waals surface area contributed by atoms with Crippen molar-refractivity contribution in [3.8, 4) is 28.8 Å². The van der Waals surface area contributed by atoms with E-state index in [1.54, 1.807) is 7.11 Å². The zero-order chi connectivity index (χ0) is 22.6. The minimum atomic E-state index is -0.487. The Balaban J connectivity index is 1.79. The van der Waals surface area contributed by atoms with Crippen LogP contribution in [-0.2, 0) is 6.42 Å². The fourth-order valence-electron chi connectivity index (χ4n) is 4.72. The molecule has 0 saturated carbocycles. The van der Waals surface area contributed by atoms with Crippen LogP contribution in [0.2, 0.25) is 0 Å². The monoisotopic (exact) mass is 454 g/mol. The average molecular weight is 455 g/mol. The summed E-state index contributed by atoms with van der Waals surface area (Å²) in [5, 5.41) is 11.4. The molecule has 166 valence electrons. The summed E-state index contributed by atoms with van der Waals surface area (Å²) in [6.07, 6.45) is 0.778. The lowest BCUT2D eigenvalue weighted by atomic mass is 9.87. The number of methoxy groups -OCH3 is 1. The van der Waals surface area contributed by atoms with Crippen LogP contribution in [0.25, 0.3) is 5.69 Å². The number of nitrogens with zero attached hydrogens (tertiary/aromatic N) is 1. The molecule has 2 aromatic carbocycles. The van der Waals surface area contributed by atoms with Crippen LogP contribution in [0.3, 0.4) is 0 Å². The summed E-state index contributed by atoms with van der Waals surface area (Å²) in [4.78, 5) is 17.0. The van der Waals surface area contributed by atoms with Crippen molar-refractivity contribution in [2.75, 3.05) is 27.5 Å². The maximum atomic E-state index is 13.2. The highest BCUT2D eigenvalue weighted by Crippen LogP contribution is 2.48. The van der Waals surface area contributed by atoms with Gasteiger partial charge in [-0.25, -0.2) is 0 Å². The molecule has 0 aliphatic carbocycles. The highest BCUT2D eigenvalue weighted by Gasteiger charge is 2.41. The van der Waals surface area contributed by atoms with E-state index in [0.29, 0.717) is 22.9 Å². The van der Waals surface area contributed by atoms with Crippen molar-refractivity contribution in [3.63, 3.8) is 0 Å². The summed E-state index contributed by atoms with van der Waals surface area (Å²) < 4.78 is 18.6. The van der Waals surface area contributed by atoms with Gasteiger partial charge in [0.25, 0.3) is 5.56 Å². The number of fused-ring (bicyclic) bond motifs is 2. The number of aromatic amines is 1. The summed E-state index contributed by atoms with van der Waals surface area (Å²) in [6, 6.07) is 9.04. The molecule has 32 heavy (non-hydrogen) atoms. The topological polar surface area (TPSA) is 90.2 Å². The van der Waals surface area contributed by atoms with Crippen LogP contribution in [0.5, 0.6) is 23.1 Å². The Morgan fingerprint density at radius 2 is 2.09 bits per heavy atom. The average Bonchev–Trinajstić information content (AvgIpc) is 3.21. The summed E-state index contributed by atoms with van der Waals surface area (Å²) in [6.45, 7) is 2.84. The van der Waals surface area contributed by atoms with Crippen LogP contribution in [0.1, 0.15) is 28.3 Å². The van der Waals surface area contributed by atoms with Gasteiger partial charge in [-0.15, -0.1) is 0 Å². The number of nitrogens with one attached hydrogen (secondary N) is 2. The molecule has 1 unspecified atom stereocenters. The fourth-order valence-corrected chi connectivity index (χ4v) is 5.01. The van der Waals surface area contributed by atoms with Crippen molar-refractivity contribution >= 4 is 12.2 Å². The highest BCUT2D eigenvalue weighted by molar-refractivity contribution is 7.71. The van der Waals surface area contributed by atoms with Crippen LogP contribution in [0.4, 0.5) is 0 Å². The Hall–Kier alpha value is -3.30. The molecule has 9 heteroatoms. The second-order valence-electron chi connectivity index (χ2n) is 8.17. The van der Waals surface area contributed by atoms with Gasteiger partial charge in [0.15, 0.2) is 22.3 Å². The Bertz CT molecular complexity index is 1350. The normalized spacial score (nSPS) is 19.0. The number of hydrogen-bond donors (Lipinski definition) is 3. The van der Waals surface area contributed by atoms with Gasteiger partial charge in [-0.1, -0.05) is 12.1 Å². The molecule has 1 aromatic heterocycles. The zero-order valence-electron chi connectivity index (χ0n) is 18.0. The van der Waals surface area contributed by atoms with E-state index in [-0.39, 0.29) is 23.0 Å². The first kappa shape index (κ1) is 20.6. The molecule has 8 nitrogen and oxygen atoms in total. The van der Waals surface area contributed by atoms with Crippen molar-refractivity contribution in [3.05, 3.63) is 67.7 Å². The number of benzene rings is 2. The maximum Gasteiger partial charge on any atom is 0.265 e. The van der Waals surface area contributed by atoms with Gasteiger partial charge in [0.05, 0.1) is 32.0 Å². The molecule has 2 atom stereocenters. The molecule has 2 aliphatic rings. The quantitative estimate of drug-likeness (QED) is 0.523. The predicted octanol–water partition coefficient (Wildman–Crippen LogP) is 1.81. The molecule has 0 spiro atoms. The number of aryl methyl sites for hydroxylation is 1. The lowest BCUT2D eigenvalue weighted by Crippen LogP contribution is -3.10. The van der Waals surface area contributed by atoms with Gasteiger partial charge in [0.1, 0.15) is 5.56 Å². The van der Waals surface area contributed by atoms with Crippen LogP contribution >= 0.6 is 12.2 Å². The lowest BCUT2D eigenvalue weighted by Gasteiger charge is -2.33. The third-order valence-corrected chi connectivity index (χ3v) is 6.47. The number of H-pyrrole nitrogens is 1. The van der Waals surface area contributed by atoms with E-state index < -0.39 is 11.6 Å². The van der Waals surface area contributed by atoms with Crippen LogP contribution in [-0.4, -0.2) is 42.2 Å². The molecular weight excluding hydrogens is 430 g/mol. The van der Waals surface area contributed by atoms with Gasteiger partial charge in [-0.3, -0.25) is 14.3 Å². The highest BCUT2D eigenvalue weighted by atomic mass is 32.1. The molecule has 0 saturated heterocycles. The van der Waals surface area contributed by atoms with Crippen molar-refractivity contribution in [1.82, 2.24) is 9.55 Å². The molecule has 0 fully saturated rings. The third-order valence-electron chi connectivity index (χ3n) is 6.19. The van der Waals surface area contributed by atoms with E-state index >= 15 is 0 Å². The number of aromatic hydroxyl groups is 1. The number of likely N-dealkylation sites (N-methyl/N-ethyl adjacent to an activating group) is 1. The maximum absolute atomic E-state index is 13.2. The minimum absolute atomic E-state index is 0.117. The molecule has 3 heterocycles. The van der Waals surface area contributed by atoms with Crippen LogP contribution in [0.15, 0.2) is 35.1 Å². The standard InChI is InChI=1S/C23H23N3O5S/c1-12-5-4-6-14(9-12)26-22(28)17(21(27)24-23(26)32)18-16-13(7-8-25(18)2)10-15-19(20(16)29-3)31-11-30-15/h4-6,9-10,18,28H,7-8,11H2,1-3H3,(H,24,27,32)/p+1/t18-/m1/s1. The van der Waals surface area contributed by atoms with Gasteiger partial charge in [-0.05, 0) is 48.5 Å². The van der Waals surface area contributed by atoms with Gasteiger partial charge in [0, 0.05) is 6.42 Å². The molecule has 0 bridgehead atoms. The second kappa shape index (κ2) is 7.68. The molecule has 3 aromatic rings. The first-order valence-electron chi connectivity index (χ1n) is 10.4. The van der Waals surface area contributed by atoms with E-state index in [0.717, 1.165) is 34.6 Å². The summed E-state index contributed by atoms with van der Waals surface area (Å²) >= 11 is 5.41. The zero-order valence-corrected chi connectivity index (χ0v) is 18.8. The van der Waals surface area contributed by atoms with E-state index in [9.17, 15) is 9.90 Å². The first-order chi connectivity index (χ1) is 15.4. The van der Waals surface area contributed by atoms with E-state index in [1.165, 1.54) is 4.57 Å². The summed E-state index contributed by atoms with van der Waals surface area (Å²) in [7, 11) is 3.57. The first-order valence-corrected chi connectivity index (χ1v) is 10.8. The predicted molar refractivity (Wildman–Crippen MR) is 120 cm³/mol. The third kappa shape index (κ3) is 3.08. The molecule has 2 aliphatic heterocycles. The van der Waals surface area contributed by atoms with Crippen LogP contribution in [0, 0.1) is 11.7 Å². The Morgan fingerprint density at radius 3 is 2.84 bits per heavy atom. The van der Waals surface area contributed by atoms with Gasteiger partial charge >= 0.3 is 0 Å². The number of aromatic nitrogens is 2. The molecule has 5 rings (SSSR count).